The second-order valence-electron chi connectivity index (χ2n) is 4.02. The molecule has 0 aliphatic heterocycles. The van der Waals surface area contributed by atoms with Crippen molar-refractivity contribution in [2.45, 2.75) is 6.61 Å². The molecule has 0 atom stereocenters. The molecule has 0 heterocycles. The molecule has 2 aromatic rings. The van der Waals surface area contributed by atoms with Gasteiger partial charge in [-0.25, -0.2) is 4.79 Å². The van der Waals surface area contributed by atoms with Gasteiger partial charge in [0.25, 0.3) is 0 Å². The van der Waals surface area contributed by atoms with Gasteiger partial charge in [0.1, 0.15) is 11.5 Å². The fourth-order valence-electron chi connectivity index (χ4n) is 1.71. The van der Waals surface area contributed by atoms with Crippen LogP contribution >= 0.6 is 0 Å². The van der Waals surface area contributed by atoms with Gasteiger partial charge in [-0.1, -0.05) is 0 Å². The zero-order valence-electron chi connectivity index (χ0n) is 10.4. The summed E-state index contributed by atoms with van der Waals surface area (Å²) >= 11 is 0. The number of carbonyl (C=O) groups is 1. The van der Waals surface area contributed by atoms with Crippen LogP contribution in [-0.2, 0) is 6.61 Å². The van der Waals surface area contributed by atoms with Gasteiger partial charge in [-0.05, 0) is 48.0 Å². The quantitative estimate of drug-likeness (QED) is 0.890. The molecule has 0 aliphatic carbocycles. The smallest absolute Gasteiger partial charge is 0.336 e. The molecular formula is C15H11NO4. The van der Waals surface area contributed by atoms with Gasteiger partial charge < -0.3 is 14.9 Å². The van der Waals surface area contributed by atoms with Crippen LogP contribution in [0.1, 0.15) is 21.5 Å². The largest absolute Gasteiger partial charge is 0.478 e. The van der Waals surface area contributed by atoms with E-state index in [1.807, 2.05) is 6.07 Å². The minimum atomic E-state index is -1.10. The lowest BCUT2D eigenvalue weighted by Crippen LogP contribution is -2.02. The second kappa shape index (κ2) is 5.87. The van der Waals surface area contributed by atoms with Crippen molar-refractivity contribution >= 4 is 5.97 Å². The van der Waals surface area contributed by atoms with E-state index in [0.717, 1.165) is 0 Å². The first-order valence-corrected chi connectivity index (χ1v) is 5.79. The summed E-state index contributed by atoms with van der Waals surface area (Å²) in [6.07, 6.45) is 0. The van der Waals surface area contributed by atoms with E-state index in [-0.39, 0.29) is 17.7 Å². The van der Waals surface area contributed by atoms with Crippen LogP contribution in [0, 0.1) is 11.3 Å². The summed E-state index contributed by atoms with van der Waals surface area (Å²) in [7, 11) is 0. The van der Waals surface area contributed by atoms with Gasteiger partial charge in [0.2, 0.25) is 0 Å². The normalized spacial score (nSPS) is 9.80. The molecule has 100 valence electrons. The number of benzene rings is 2. The minimum Gasteiger partial charge on any atom is -0.478 e. The van der Waals surface area contributed by atoms with Crippen LogP contribution < -0.4 is 4.74 Å². The number of aliphatic hydroxyl groups is 1. The third-order valence-electron chi connectivity index (χ3n) is 2.70. The number of hydrogen-bond donors (Lipinski definition) is 2. The number of nitrogens with zero attached hydrogens (tertiary/aromatic N) is 1. The van der Waals surface area contributed by atoms with Gasteiger partial charge in [-0.3, -0.25) is 0 Å². The molecule has 0 saturated heterocycles. The number of nitriles is 1. The molecule has 0 amide bonds. The van der Waals surface area contributed by atoms with Crippen molar-refractivity contribution in [2.75, 3.05) is 0 Å². The molecule has 0 radical (unpaired) electrons. The monoisotopic (exact) mass is 269 g/mol. The second-order valence-corrected chi connectivity index (χ2v) is 4.02. The molecule has 2 N–H and O–H groups in total. The summed E-state index contributed by atoms with van der Waals surface area (Å²) in [4.78, 5) is 10.9. The molecule has 0 aliphatic rings. The fraction of sp³-hybridized carbons (Fsp3) is 0.0667. The van der Waals surface area contributed by atoms with E-state index in [1.165, 1.54) is 18.2 Å². The van der Waals surface area contributed by atoms with E-state index >= 15 is 0 Å². The Bertz CT molecular complexity index is 671. The summed E-state index contributed by atoms with van der Waals surface area (Å²) in [5, 5.41) is 26.8. The van der Waals surface area contributed by atoms with Crippen molar-refractivity contribution in [2.24, 2.45) is 0 Å². The van der Waals surface area contributed by atoms with Crippen LogP contribution in [0.2, 0.25) is 0 Å². The van der Waals surface area contributed by atoms with Crippen molar-refractivity contribution in [1.29, 1.82) is 5.26 Å². The molecule has 5 nitrogen and oxygen atoms in total. The molecule has 0 unspecified atom stereocenters. The van der Waals surface area contributed by atoms with Gasteiger partial charge in [0.05, 0.1) is 23.8 Å². The van der Waals surface area contributed by atoms with Crippen LogP contribution in [0.25, 0.3) is 0 Å². The van der Waals surface area contributed by atoms with Crippen LogP contribution in [0.5, 0.6) is 11.5 Å². The Morgan fingerprint density at radius 1 is 1.15 bits per heavy atom. The number of aliphatic hydroxyl groups excluding tert-OH is 1. The Morgan fingerprint density at radius 2 is 1.80 bits per heavy atom. The average molecular weight is 269 g/mol. The molecular weight excluding hydrogens is 258 g/mol. The van der Waals surface area contributed by atoms with Gasteiger partial charge in [-0.2, -0.15) is 5.26 Å². The molecule has 0 aromatic heterocycles. The maximum absolute atomic E-state index is 10.9. The third-order valence-corrected chi connectivity index (χ3v) is 2.70. The van der Waals surface area contributed by atoms with Crippen LogP contribution in [-0.4, -0.2) is 16.2 Å². The Kier molecular flexibility index (Phi) is 3.99. The zero-order valence-corrected chi connectivity index (χ0v) is 10.4. The van der Waals surface area contributed by atoms with Crippen molar-refractivity contribution in [1.82, 2.24) is 0 Å². The maximum atomic E-state index is 10.9. The van der Waals surface area contributed by atoms with Crippen molar-refractivity contribution in [3.05, 3.63) is 59.2 Å². The predicted molar refractivity (Wildman–Crippen MR) is 70.6 cm³/mol. The van der Waals surface area contributed by atoms with Crippen LogP contribution in [0.3, 0.4) is 0 Å². The van der Waals surface area contributed by atoms with Crippen molar-refractivity contribution in [3.63, 3.8) is 0 Å². The number of ether oxygens (including phenoxy) is 1. The summed E-state index contributed by atoms with van der Waals surface area (Å²) in [5.74, 6) is -0.154. The molecule has 0 fully saturated rings. The Hall–Kier alpha value is -2.84. The number of hydrogen-bond acceptors (Lipinski definition) is 4. The first-order chi connectivity index (χ1) is 9.63. The number of aromatic carboxylic acids is 1. The third kappa shape index (κ3) is 2.94. The predicted octanol–water partition coefficient (Wildman–Crippen LogP) is 2.54. The molecule has 0 bridgehead atoms. The Balaban J connectivity index is 2.25. The minimum absolute atomic E-state index is 0.0414. The fourth-order valence-corrected chi connectivity index (χ4v) is 1.71. The highest BCUT2D eigenvalue weighted by Gasteiger charge is 2.10. The Morgan fingerprint density at radius 3 is 2.35 bits per heavy atom. The van der Waals surface area contributed by atoms with Gasteiger partial charge in [0, 0.05) is 0 Å². The summed E-state index contributed by atoms with van der Waals surface area (Å²) in [5.41, 5.74) is 0.845. The molecule has 5 heteroatoms. The van der Waals surface area contributed by atoms with E-state index in [1.54, 1.807) is 24.3 Å². The van der Waals surface area contributed by atoms with E-state index in [4.69, 9.17) is 15.1 Å². The lowest BCUT2D eigenvalue weighted by atomic mass is 10.1. The molecule has 20 heavy (non-hydrogen) atoms. The summed E-state index contributed by atoms with van der Waals surface area (Å²) in [6, 6.07) is 12.9. The Labute approximate surface area is 115 Å². The lowest BCUT2D eigenvalue weighted by molar-refractivity contribution is 0.0693. The number of carboxylic acids is 1. The highest BCUT2D eigenvalue weighted by atomic mass is 16.5. The molecule has 2 aromatic carbocycles. The van der Waals surface area contributed by atoms with Gasteiger partial charge in [0.15, 0.2) is 0 Å². The molecule has 0 saturated carbocycles. The highest BCUT2D eigenvalue weighted by Crippen LogP contribution is 2.24. The van der Waals surface area contributed by atoms with Crippen LogP contribution in [0.15, 0.2) is 42.5 Å². The van der Waals surface area contributed by atoms with Crippen molar-refractivity contribution in [3.8, 4) is 17.6 Å². The van der Waals surface area contributed by atoms with E-state index in [0.29, 0.717) is 17.1 Å². The topological polar surface area (TPSA) is 90.5 Å². The number of rotatable bonds is 4. The van der Waals surface area contributed by atoms with Crippen molar-refractivity contribution < 1.29 is 19.7 Å². The average Bonchev–Trinajstić information content (AvgIpc) is 2.47. The van der Waals surface area contributed by atoms with Gasteiger partial charge >= 0.3 is 5.97 Å². The SMILES string of the molecule is N#Cc1ccc(Oc2ccc(C(=O)O)c(CO)c2)cc1. The summed E-state index contributed by atoms with van der Waals surface area (Å²) in [6.45, 7) is -0.383. The molecule has 2 rings (SSSR count). The summed E-state index contributed by atoms with van der Waals surface area (Å²) < 4.78 is 5.54. The standard InChI is InChI=1S/C15H11NO4/c16-8-10-1-3-12(4-2-10)20-13-5-6-14(15(18)19)11(7-13)9-17/h1-7,17H,9H2,(H,18,19). The van der Waals surface area contributed by atoms with E-state index in [2.05, 4.69) is 0 Å². The maximum Gasteiger partial charge on any atom is 0.336 e. The van der Waals surface area contributed by atoms with E-state index < -0.39 is 5.97 Å². The molecule has 0 spiro atoms. The van der Waals surface area contributed by atoms with Crippen LogP contribution in [0.4, 0.5) is 0 Å². The number of carboxylic acid groups (broad SMARTS) is 1. The van der Waals surface area contributed by atoms with Gasteiger partial charge in [-0.15, -0.1) is 0 Å². The van der Waals surface area contributed by atoms with E-state index in [9.17, 15) is 9.90 Å². The highest BCUT2D eigenvalue weighted by molar-refractivity contribution is 5.89. The first-order valence-electron chi connectivity index (χ1n) is 5.79. The first kappa shape index (κ1) is 13.6. The zero-order chi connectivity index (χ0) is 14.5. The lowest BCUT2D eigenvalue weighted by Gasteiger charge is -2.09.